The van der Waals surface area contributed by atoms with E-state index in [0.29, 0.717) is 36.1 Å². The molecule has 0 fully saturated rings. The molecular weight excluding hydrogens is 872 g/mol. The Morgan fingerprint density at radius 2 is 0.985 bits per heavy atom. The average molecular weight is 926 g/mol. The molecule has 8 rings (SSSR count). The molecule has 6 aromatic carbocycles. The molecule has 2 heterocycles. The predicted octanol–water partition coefficient (Wildman–Crippen LogP) is 13.7. The van der Waals surface area contributed by atoms with Crippen LogP contribution in [0.1, 0.15) is 65.2 Å². The number of hydrogen-bond donors (Lipinski definition) is 0. The molecule has 0 atom stereocenters. The van der Waals surface area contributed by atoms with Crippen LogP contribution in [0.25, 0.3) is 56.2 Å². The van der Waals surface area contributed by atoms with E-state index in [-0.39, 0.29) is 18.0 Å². The summed E-state index contributed by atoms with van der Waals surface area (Å²) < 4.78 is 26.1. The number of ether oxygens (including phenoxy) is 4. The van der Waals surface area contributed by atoms with Gasteiger partial charge in [0, 0.05) is 57.5 Å². The summed E-state index contributed by atoms with van der Waals surface area (Å²) in [5, 5.41) is 1.34. The molecule has 0 aliphatic rings. The van der Waals surface area contributed by atoms with E-state index < -0.39 is 0 Å². The first-order chi connectivity index (χ1) is 32.2. The van der Waals surface area contributed by atoms with Gasteiger partial charge in [-0.2, -0.15) is 0 Å². The fourth-order valence-electron chi connectivity index (χ4n) is 7.51. The number of aromatic nitrogens is 4. The van der Waals surface area contributed by atoms with E-state index in [1.807, 2.05) is 135 Å². The van der Waals surface area contributed by atoms with Crippen molar-refractivity contribution in [3.8, 4) is 45.6 Å². The summed E-state index contributed by atoms with van der Waals surface area (Å²) in [6, 6.07) is 47.7. The number of methoxy groups -OCH3 is 1. The molecule has 0 aliphatic heterocycles. The van der Waals surface area contributed by atoms with Crippen LogP contribution in [0.3, 0.4) is 0 Å². The molecule has 66 heavy (non-hydrogen) atoms. The summed E-state index contributed by atoms with van der Waals surface area (Å²) in [6.07, 6.45) is 6.02. The van der Waals surface area contributed by atoms with Crippen molar-refractivity contribution in [1.82, 2.24) is 19.1 Å². The Labute approximate surface area is 396 Å². The third kappa shape index (κ3) is 12.8. The Morgan fingerprint density at radius 1 is 0.530 bits per heavy atom. The third-order valence-corrected chi connectivity index (χ3v) is 11.1. The lowest BCUT2D eigenvalue weighted by Gasteiger charge is -2.11. The summed E-state index contributed by atoms with van der Waals surface area (Å²) in [6.45, 7) is 4.91. The first kappa shape index (κ1) is 47.3. The number of nitrogens with zero attached hydrogens (tertiary/aromatic N) is 4. The highest BCUT2D eigenvalue weighted by Gasteiger charge is 2.17. The number of esters is 2. The van der Waals surface area contributed by atoms with Crippen LogP contribution in [0.2, 0.25) is 10.0 Å². The fourth-order valence-corrected chi connectivity index (χ4v) is 7.89. The standard InChI is InChI=1S/C28H29ClN2O3.C26H25ClN2O3/c1-20(2)34-27(32)14-7-4-8-17-33-24-15-16-25-26(19-24)31(23-12-5-3-6-13-23)28(30-25)21-10-9-11-22(29)18-21;1-31-25(30)13-6-3-7-16-32-22-14-15-23-24(18-22)29(21-11-4-2-5-12-21)26(28-23)19-9-8-10-20(27)17-19/h3,5-6,9-13,15-16,18-20H,4,7-8,14,17H2,1-2H3;2,4-5,8-12,14-15,17-18H,3,6-7,13,16H2,1H3. The van der Waals surface area contributed by atoms with Crippen molar-refractivity contribution in [3.63, 3.8) is 0 Å². The van der Waals surface area contributed by atoms with Gasteiger partial charge in [-0.25, -0.2) is 9.97 Å². The molecule has 340 valence electrons. The average Bonchev–Trinajstić information content (AvgIpc) is 3.90. The Kier molecular flexibility index (Phi) is 16.9. The van der Waals surface area contributed by atoms with E-state index >= 15 is 0 Å². The molecule has 0 saturated carbocycles. The Morgan fingerprint density at radius 3 is 1.41 bits per heavy atom. The van der Waals surface area contributed by atoms with E-state index in [1.54, 1.807) is 0 Å². The number of carbonyl (C=O) groups excluding carboxylic acids is 2. The van der Waals surface area contributed by atoms with Crippen LogP contribution in [-0.2, 0) is 19.1 Å². The molecular formula is C54H54Cl2N4O6. The minimum atomic E-state index is -0.166. The van der Waals surface area contributed by atoms with Crippen LogP contribution in [0.5, 0.6) is 11.5 Å². The van der Waals surface area contributed by atoms with Crippen molar-refractivity contribution in [2.45, 2.75) is 71.3 Å². The summed E-state index contributed by atoms with van der Waals surface area (Å²) in [5.41, 5.74) is 7.64. The van der Waals surface area contributed by atoms with E-state index in [4.69, 9.17) is 47.4 Å². The van der Waals surface area contributed by atoms with Crippen LogP contribution < -0.4 is 9.47 Å². The Bertz CT molecular complexity index is 2840. The van der Waals surface area contributed by atoms with Gasteiger partial charge in [0.2, 0.25) is 0 Å². The second-order valence-corrected chi connectivity index (χ2v) is 16.8. The van der Waals surface area contributed by atoms with E-state index in [1.165, 1.54) is 7.11 Å². The zero-order chi connectivity index (χ0) is 46.3. The number of benzene rings is 6. The van der Waals surface area contributed by atoms with Crippen LogP contribution in [0.15, 0.2) is 146 Å². The quantitative estimate of drug-likeness (QED) is 0.0583. The van der Waals surface area contributed by atoms with Gasteiger partial charge in [0.15, 0.2) is 0 Å². The number of halogens is 2. The van der Waals surface area contributed by atoms with Crippen molar-refractivity contribution in [3.05, 3.63) is 156 Å². The Balaban J connectivity index is 0.000000197. The van der Waals surface area contributed by atoms with Crippen molar-refractivity contribution in [2.24, 2.45) is 0 Å². The lowest BCUT2D eigenvalue weighted by Crippen LogP contribution is -2.11. The molecule has 0 amide bonds. The molecule has 0 aliphatic carbocycles. The molecule has 0 bridgehead atoms. The van der Waals surface area contributed by atoms with Crippen molar-refractivity contribution >= 4 is 57.2 Å². The van der Waals surface area contributed by atoms with Crippen LogP contribution in [0.4, 0.5) is 0 Å². The normalized spacial score (nSPS) is 11.1. The van der Waals surface area contributed by atoms with Gasteiger partial charge < -0.3 is 18.9 Å². The minimum Gasteiger partial charge on any atom is -0.494 e. The molecule has 0 unspecified atom stereocenters. The third-order valence-electron chi connectivity index (χ3n) is 10.6. The van der Waals surface area contributed by atoms with Gasteiger partial charge in [0.1, 0.15) is 23.1 Å². The molecule has 10 nitrogen and oxygen atoms in total. The van der Waals surface area contributed by atoms with Gasteiger partial charge in [-0.3, -0.25) is 18.7 Å². The first-order valence-corrected chi connectivity index (χ1v) is 23.1. The maximum atomic E-state index is 11.6. The number of imidazole rings is 2. The number of unbranched alkanes of at least 4 members (excludes halogenated alkanes) is 4. The fraction of sp³-hybridized carbons (Fsp3) is 0.259. The molecule has 8 aromatic rings. The van der Waals surface area contributed by atoms with Crippen molar-refractivity contribution in [2.75, 3.05) is 20.3 Å². The van der Waals surface area contributed by atoms with E-state index in [2.05, 4.69) is 38.1 Å². The van der Waals surface area contributed by atoms with Gasteiger partial charge in [0.25, 0.3) is 0 Å². The van der Waals surface area contributed by atoms with Gasteiger partial charge in [-0.1, -0.05) is 83.9 Å². The zero-order valence-electron chi connectivity index (χ0n) is 37.5. The van der Waals surface area contributed by atoms with Crippen LogP contribution >= 0.6 is 23.2 Å². The highest BCUT2D eigenvalue weighted by Crippen LogP contribution is 2.34. The van der Waals surface area contributed by atoms with Gasteiger partial charge in [-0.05, 0) is 125 Å². The predicted molar refractivity (Wildman–Crippen MR) is 264 cm³/mol. The molecule has 0 spiro atoms. The number of carbonyl (C=O) groups is 2. The summed E-state index contributed by atoms with van der Waals surface area (Å²) >= 11 is 12.5. The lowest BCUT2D eigenvalue weighted by atomic mass is 10.2. The summed E-state index contributed by atoms with van der Waals surface area (Å²) in [7, 11) is 1.42. The second kappa shape index (κ2) is 23.5. The highest BCUT2D eigenvalue weighted by atomic mass is 35.5. The largest absolute Gasteiger partial charge is 0.494 e. The molecule has 2 aromatic heterocycles. The van der Waals surface area contributed by atoms with Crippen LogP contribution in [-0.4, -0.2) is 57.5 Å². The monoisotopic (exact) mass is 924 g/mol. The number of hydrogen-bond acceptors (Lipinski definition) is 8. The molecule has 0 N–H and O–H groups in total. The minimum absolute atomic E-state index is 0.0607. The van der Waals surface area contributed by atoms with Gasteiger partial charge in [0.05, 0.1) is 48.5 Å². The smallest absolute Gasteiger partial charge is 0.306 e. The zero-order valence-corrected chi connectivity index (χ0v) is 39.0. The van der Waals surface area contributed by atoms with E-state index in [0.717, 1.165) is 106 Å². The Hall–Kier alpha value is -6.62. The molecule has 12 heteroatoms. The maximum absolute atomic E-state index is 11.6. The summed E-state index contributed by atoms with van der Waals surface area (Å²) in [5.74, 6) is 2.94. The maximum Gasteiger partial charge on any atom is 0.306 e. The molecule has 0 saturated heterocycles. The topological polar surface area (TPSA) is 107 Å². The van der Waals surface area contributed by atoms with Gasteiger partial charge in [-0.15, -0.1) is 0 Å². The second-order valence-electron chi connectivity index (χ2n) is 16.0. The first-order valence-electron chi connectivity index (χ1n) is 22.4. The highest BCUT2D eigenvalue weighted by molar-refractivity contribution is 6.31. The summed E-state index contributed by atoms with van der Waals surface area (Å²) in [4.78, 5) is 32.6. The van der Waals surface area contributed by atoms with E-state index in [9.17, 15) is 9.59 Å². The number of fused-ring (bicyclic) bond motifs is 2. The van der Waals surface area contributed by atoms with Gasteiger partial charge >= 0.3 is 11.9 Å². The lowest BCUT2D eigenvalue weighted by molar-refractivity contribution is -0.147. The van der Waals surface area contributed by atoms with Crippen molar-refractivity contribution in [1.29, 1.82) is 0 Å². The molecule has 0 radical (unpaired) electrons. The number of rotatable bonds is 19. The number of para-hydroxylation sites is 2. The van der Waals surface area contributed by atoms with Crippen LogP contribution in [0, 0.1) is 0 Å². The van der Waals surface area contributed by atoms with Crippen molar-refractivity contribution < 1.29 is 28.5 Å². The SMILES string of the molecule is CC(C)OC(=O)CCCCCOc1ccc2nc(-c3cccc(Cl)c3)n(-c3ccccc3)c2c1.COC(=O)CCCCCOc1ccc2nc(-c3cccc(Cl)c3)n(-c3ccccc3)c2c1.